The number of aromatic nitrogens is 1. The maximum Gasteiger partial charge on any atom is 0.261 e. The van der Waals surface area contributed by atoms with Crippen molar-refractivity contribution >= 4 is 19.7 Å². The third kappa shape index (κ3) is 3.94. The molecule has 0 aliphatic rings. The lowest BCUT2D eigenvalue weighted by Crippen LogP contribution is -1.99. The third-order valence-electron chi connectivity index (χ3n) is 2.75. The van der Waals surface area contributed by atoms with E-state index < -0.39 is 9.05 Å². The Morgan fingerprint density at radius 2 is 2.10 bits per heavy atom. The van der Waals surface area contributed by atoms with E-state index in [0.717, 1.165) is 5.56 Å². The average molecular weight is 323 g/mol. The summed E-state index contributed by atoms with van der Waals surface area (Å²) in [5.41, 5.74) is 1.62. The highest BCUT2D eigenvalue weighted by Crippen LogP contribution is 2.24. The quantitative estimate of drug-likeness (QED) is 0.808. The van der Waals surface area contributed by atoms with Gasteiger partial charge in [-0.25, -0.2) is 13.4 Å². The van der Waals surface area contributed by atoms with Crippen molar-refractivity contribution in [1.82, 2.24) is 4.98 Å². The van der Waals surface area contributed by atoms with Gasteiger partial charge >= 0.3 is 0 Å². The van der Waals surface area contributed by atoms with Gasteiger partial charge in [0, 0.05) is 16.9 Å². The van der Waals surface area contributed by atoms with Gasteiger partial charge in [-0.3, -0.25) is 0 Å². The van der Waals surface area contributed by atoms with Crippen LogP contribution in [-0.2, 0) is 15.7 Å². The lowest BCUT2D eigenvalue weighted by atomic mass is 10.2. The van der Waals surface area contributed by atoms with E-state index in [1.165, 1.54) is 18.3 Å². The molecule has 7 heteroatoms. The van der Waals surface area contributed by atoms with Gasteiger partial charge in [0.15, 0.2) is 0 Å². The zero-order valence-electron chi connectivity index (χ0n) is 11.1. The molecule has 1 heterocycles. The van der Waals surface area contributed by atoms with Crippen LogP contribution in [0.25, 0.3) is 0 Å². The second kappa shape index (κ2) is 6.12. The molecular formula is C14H11ClN2O3S. The van der Waals surface area contributed by atoms with Crippen LogP contribution in [0.15, 0.2) is 41.4 Å². The predicted molar refractivity (Wildman–Crippen MR) is 77.5 cm³/mol. The van der Waals surface area contributed by atoms with Gasteiger partial charge in [-0.2, -0.15) is 5.26 Å². The SMILES string of the molecule is Cc1cc(OCc2ccnc(C#N)c2)ccc1S(=O)(=O)Cl. The van der Waals surface area contributed by atoms with Gasteiger partial charge in [-0.15, -0.1) is 0 Å². The van der Waals surface area contributed by atoms with Gasteiger partial charge < -0.3 is 4.74 Å². The molecule has 0 saturated heterocycles. The highest BCUT2D eigenvalue weighted by Gasteiger charge is 2.13. The molecule has 0 saturated carbocycles. The van der Waals surface area contributed by atoms with Crippen LogP contribution in [0.2, 0.25) is 0 Å². The summed E-state index contributed by atoms with van der Waals surface area (Å²) in [7, 11) is 1.56. The first-order chi connectivity index (χ1) is 9.90. The Hall–Kier alpha value is -2.10. The first kappa shape index (κ1) is 15.3. The van der Waals surface area contributed by atoms with E-state index >= 15 is 0 Å². The van der Waals surface area contributed by atoms with Crippen molar-refractivity contribution in [1.29, 1.82) is 5.26 Å². The second-order valence-electron chi connectivity index (χ2n) is 4.31. The normalized spacial score (nSPS) is 10.9. The summed E-state index contributed by atoms with van der Waals surface area (Å²) in [5, 5.41) is 8.77. The summed E-state index contributed by atoms with van der Waals surface area (Å²) in [6.07, 6.45) is 1.53. The molecule has 2 rings (SSSR count). The van der Waals surface area contributed by atoms with Crippen molar-refractivity contribution in [3.8, 4) is 11.8 Å². The molecule has 0 N–H and O–H groups in total. The lowest BCUT2D eigenvalue weighted by Gasteiger charge is -2.09. The van der Waals surface area contributed by atoms with Crippen LogP contribution >= 0.6 is 10.7 Å². The van der Waals surface area contributed by atoms with Gasteiger partial charge in [-0.05, 0) is 48.4 Å². The molecule has 1 aromatic carbocycles. The second-order valence-corrected chi connectivity index (χ2v) is 6.85. The summed E-state index contributed by atoms with van der Waals surface area (Å²) in [5.74, 6) is 0.520. The van der Waals surface area contributed by atoms with Crippen molar-refractivity contribution in [2.45, 2.75) is 18.4 Å². The highest BCUT2D eigenvalue weighted by atomic mass is 35.7. The van der Waals surface area contributed by atoms with Crippen LogP contribution in [0.1, 0.15) is 16.8 Å². The maximum absolute atomic E-state index is 11.3. The zero-order valence-corrected chi connectivity index (χ0v) is 12.6. The molecule has 0 aliphatic carbocycles. The molecule has 0 amide bonds. The molecule has 0 aliphatic heterocycles. The molecule has 108 valence electrons. The number of halogens is 1. The number of ether oxygens (including phenoxy) is 1. The van der Waals surface area contributed by atoms with Crippen LogP contribution in [0.3, 0.4) is 0 Å². The molecule has 0 fully saturated rings. The van der Waals surface area contributed by atoms with Crippen LogP contribution < -0.4 is 4.74 Å². The maximum atomic E-state index is 11.3. The number of nitrogens with zero attached hydrogens (tertiary/aromatic N) is 2. The Kier molecular flexibility index (Phi) is 4.46. The summed E-state index contributed by atoms with van der Waals surface area (Å²) in [6, 6.07) is 9.86. The minimum atomic E-state index is -3.75. The molecule has 1 aromatic heterocycles. The van der Waals surface area contributed by atoms with E-state index in [9.17, 15) is 8.42 Å². The molecule has 0 atom stereocenters. The Labute approximate surface area is 127 Å². The Morgan fingerprint density at radius 3 is 2.71 bits per heavy atom. The van der Waals surface area contributed by atoms with Crippen molar-refractivity contribution in [3.63, 3.8) is 0 Å². The summed E-state index contributed by atoms with van der Waals surface area (Å²) in [4.78, 5) is 3.93. The van der Waals surface area contributed by atoms with Gasteiger partial charge in [0.2, 0.25) is 0 Å². The topological polar surface area (TPSA) is 80.0 Å². The van der Waals surface area contributed by atoms with E-state index in [0.29, 0.717) is 17.0 Å². The monoisotopic (exact) mass is 322 g/mol. The fourth-order valence-corrected chi connectivity index (χ4v) is 2.97. The van der Waals surface area contributed by atoms with E-state index in [1.807, 2.05) is 6.07 Å². The van der Waals surface area contributed by atoms with Crippen LogP contribution in [0.5, 0.6) is 5.75 Å². The summed E-state index contributed by atoms with van der Waals surface area (Å²) < 4.78 is 28.2. The van der Waals surface area contributed by atoms with Gasteiger partial charge in [0.05, 0.1) is 4.90 Å². The molecule has 2 aromatic rings. The van der Waals surface area contributed by atoms with E-state index in [4.69, 9.17) is 20.7 Å². The average Bonchev–Trinajstić information content (AvgIpc) is 2.44. The number of hydrogen-bond donors (Lipinski definition) is 0. The van der Waals surface area contributed by atoms with E-state index in [1.54, 1.807) is 25.1 Å². The number of pyridine rings is 1. The number of benzene rings is 1. The van der Waals surface area contributed by atoms with Crippen molar-refractivity contribution < 1.29 is 13.2 Å². The summed E-state index contributed by atoms with van der Waals surface area (Å²) in [6.45, 7) is 1.89. The van der Waals surface area contributed by atoms with E-state index in [2.05, 4.69) is 4.98 Å². The molecule has 0 radical (unpaired) electrons. The minimum Gasteiger partial charge on any atom is -0.489 e. The Morgan fingerprint density at radius 1 is 1.33 bits per heavy atom. The van der Waals surface area contributed by atoms with Crippen molar-refractivity contribution in [2.24, 2.45) is 0 Å². The standard InChI is InChI=1S/C14H11ClN2O3S/c1-10-6-13(2-3-14(10)21(15,18)19)20-9-11-4-5-17-12(7-11)8-16/h2-7H,9H2,1H3. The highest BCUT2D eigenvalue weighted by molar-refractivity contribution is 8.13. The molecule has 0 bridgehead atoms. The van der Waals surface area contributed by atoms with E-state index in [-0.39, 0.29) is 11.5 Å². The largest absolute Gasteiger partial charge is 0.489 e. The predicted octanol–water partition coefficient (Wildman–Crippen LogP) is 2.77. The number of rotatable bonds is 4. The summed E-state index contributed by atoms with van der Waals surface area (Å²) >= 11 is 0. The van der Waals surface area contributed by atoms with Crippen molar-refractivity contribution in [3.05, 3.63) is 53.3 Å². The van der Waals surface area contributed by atoms with Gasteiger partial charge in [-0.1, -0.05) is 0 Å². The fourth-order valence-electron chi connectivity index (χ4n) is 1.78. The first-order valence-electron chi connectivity index (χ1n) is 5.93. The van der Waals surface area contributed by atoms with Crippen LogP contribution in [0, 0.1) is 18.3 Å². The van der Waals surface area contributed by atoms with Crippen molar-refractivity contribution in [2.75, 3.05) is 0 Å². The van der Waals surface area contributed by atoms with Gasteiger partial charge in [0.1, 0.15) is 24.1 Å². The third-order valence-corrected chi connectivity index (χ3v) is 4.24. The number of nitriles is 1. The van der Waals surface area contributed by atoms with Gasteiger partial charge in [0.25, 0.3) is 9.05 Å². The molecule has 0 unspecified atom stereocenters. The number of aryl methyl sites for hydroxylation is 1. The smallest absolute Gasteiger partial charge is 0.261 e. The molecule has 0 spiro atoms. The minimum absolute atomic E-state index is 0.0622. The Balaban J connectivity index is 2.14. The Bertz CT molecular complexity index is 813. The molecular weight excluding hydrogens is 312 g/mol. The van der Waals surface area contributed by atoms with Crippen LogP contribution in [-0.4, -0.2) is 13.4 Å². The zero-order chi connectivity index (χ0) is 15.5. The molecule has 21 heavy (non-hydrogen) atoms. The molecule has 5 nitrogen and oxygen atoms in total. The van der Waals surface area contributed by atoms with Crippen LogP contribution in [0.4, 0.5) is 0 Å². The first-order valence-corrected chi connectivity index (χ1v) is 8.24. The number of hydrogen-bond acceptors (Lipinski definition) is 5. The fraction of sp³-hybridized carbons (Fsp3) is 0.143. The lowest BCUT2D eigenvalue weighted by molar-refractivity contribution is 0.305.